The molecule has 0 radical (unpaired) electrons. The lowest BCUT2D eigenvalue weighted by Crippen LogP contribution is -2.15. The van der Waals surface area contributed by atoms with Crippen molar-refractivity contribution in [3.63, 3.8) is 0 Å². The maximum atomic E-state index is 13.5. The maximum Gasteiger partial charge on any atom is 0.260 e. The van der Waals surface area contributed by atoms with Gasteiger partial charge in [-0.05, 0) is 13.0 Å². The van der Waals surface area contributed by atoms with Crippen LogP contribution in [0, 0.1) is 12.7 Å². The summed E-state index contributed by atoms with van der Waals surface area (Å²) in [6, 6.07) is 1.27. The minimum atomic E-state index is -0.821. The molecule has 0 aliphatic rings. The lowest BCUT2D eigenvalue weighted by Gasteiger charge is -2.03. The molecule has 0 saturated heterocycles. The van der Waals surface area contributed by atoms with Crippen LogP contribution in [0.5, 0.6) is 0 Å². The van der Waals surface area contributed by atoms with Crippen LogP contribution in [0.25, 0.3) is 0 Å². The molecule has 0 atom stereocenters. The van der Waals surface area contributed by atoms with E-state index in [1.54, 1.807) is 6.20 Å². The fourth-order valence-corrected chi connectivity index (χ4v) is 1.87. The summed E-state index contributed by atoms with van der Waals surface area (Å²) in [7, 11) is 0. The number of nitrogens with two attached hydrogens (primary N) is 1. The lowest BCUT2D eigenvalue weighted by molar-refractivity contribution is 0.102. The number of hydrogen-bond acceptors (Lipinski definition) is 5. The van der Waals surface area contributed by atoms with E-state index in [1.165, 1.54) is 23.6 Å². The molecule has 0 fully saturated rings. The van der Waals surface area contributed by atoms with Crippen LogP contribution in [-0.4, -0.2) is 15.9 Å². The highest BCUT2D eigenvalue weighted by molar-refractivity contribution is 7.15. The van der Waals surface area contributed by atoms with Gasteiger partial charge in [0.25, 0.3) is 5.91 Å². The molecule has 88 valence electrons. The zero-order valence-electron chi connectivity index (χ0n) is 8.90. The van der Waals surface area contributed by atoms with Crippen LogP contribution in [0.4, 0.5) is 15.3 Å². The Morgan fingerprint density at radius 2 is 2.29 bits per heavy atom. The van der Waals surface area contributed by atoms with Gasteiger partial charge in [0.2, 0.25) is 0 Å². The number of nitrogen functional groups attached to an aromatic ring is 1. The van der Waals surface area contributed by atoms with Gasteiger partial charge in [-0.2, -0.15) is 0 Å². The van der Waals surface area contributed by atoms with E-state index in [1.807, 2.05) is 6.92 Å². The summed E-state index contributed by atoms with van der Waals surface area (Å²) < 4.78 is 13.5. The smallest absolute Gasteiger partial charge is 0.260 e. The molecule has 0 saturated carbocycles. The van der Waals surface area contributed by atoms with Crippen LogP contribution < -0.4 is 11.1 Å². The van der Waals surface area contributed by atoms with Crippen LogP contribution in [0.1, 0.15) is 15.2 Å². The molecule has 2 rings (SSSR count). The Labute approximate surface area is 101 Å². The second kappa shape index (κ2) is 4.46. The Kier molecular flexibility index (Phi) is 3.01. The molecule has 0 unspecified atom stereocenters. The number of rotatable bonds is 2. The Morgan fingerprint density at radius 3 is 2.94 bits per heavy atom. The molecule has 5 nitrogen and oxygen atoms in total. The number of aromatic nitrogens is 2. The van der Waals surface area contributed by atoms with Gasteiger partial charge in [0.15, 0.2) is 16.8 Å². The van der Waals surface area contributed by atoms with Gasteiger partial charge in [0, 0.05) is 17.3 Å². The Hall–Kier alpha value is -2.02. The first kappa shape index (κ1) is 11.5. The summed E-state index contributed by atoms with van der Waals surface area (Å²) in [5.41, 5.74) is 5.13. The van der Waals surface area contributed by atoms with E-state index in [-0.39, 0.29) is 11.4 Å². The zero-order chi connectivity index (χ0) is 12.4. The van der Waals surface area contributed by atoms with E-state index in [0.29, 0.717) is 5.13 Å². The molecule has 2 aromatic heterocycles. The van der Waals surface area contributed by atoms with E-state index < -0.39 is 11.7 Å². The van der Waals surface area contributed by atoms with Crippen LogP contribution in [-0.2, 0) is 0 Å². The van der Waals surface area contributed by atoms with E-state index >= 15 is 0 Å². The minimum absolute atomic E-state index is 0.148. The van der Waals surface area contributed by atoms with Crippen molar-refractivity contribution in [2.24, 2.45) is 0 Å². The standard InChI is InChI=1S/C10H9FN4OS/c1-5-4-14-10(17-5)15-9(16)6-2-3-13-8(12)7(6)11/h2-4H,1H3,(H2,12,13)(H,14,15,16). The highest BCUT2D eigenvalue weighted by atomic mass is 32.1. The number of nitrogens with one attached hydrogen (secondary N) is 1. The highest BCUT2D eigenvalue weighted by Gasteiger charge is 2.15. The number of halogens is 1. The van der Waals surface area contributed by atoms with E-state index in [9.17, 15) is 9.18 Å². The first-order valence-corrected chi connectivity index (χ1v) is 5.53. The van der Waals surface area contributed by atoms with Gasteiger partial charge >= 0.3 is 0 Å². The molecule has 2 aromatic rings. The second-order valence-corrected chi connectivity index (χ2v) is 4.52. The number of thiazole rings is 1. The van der Waals surface area contributed by atoms with Crippen molar-refractivity contribution < 1.29 is 9.18 Å². The number of pyridine rings is 1. The molecule has 3 N–H and O–H groups in total. The molecular formula is C10H9FN4OS. The van der Waals surface area contributed by atoms with E-state index in [0.717, 1.165) is 4.88 Å². The fraction of sp³-hybridized carbons (Fsp3) is 0.100. The van der Waals surface area contributed by atoms with Gasteiger partial charge in [-0.15, -0.1) is 11.3 Å². The van der Waals surface area contributed by atoms with E-state index in [2.05, 4.69) is 15.3 Å². The predicted octanol–water partition coefficient (Wildman–Crippen LogP) is 1.82. The van der Waals surface area contributed by atoms with Crippen molar-refractivity contribution in [3.05, 3.63) is 34.7 Å². The predicted molar refractivity (Wildman–Crippen MR) is 63.4 cm³/mol. The van der Waals surface area contributed by atoms with Gasteiger partial charge in [0.1, 0.15) is 0 Å². The fourth-order valence-electron chi connectivity index (χ4n) is 1.21. The topological polar surface area (TPSA) is 80.9 Å². The molecule has 17 heavy (non-hydrogen) atoms. The molecule has 0 aliphatic heterocycles. The van der Waals surface area contributed by atoms with Crippen LogP contribution >= 0.6 is 11.3 Å². The van der Waals surface area contributed by atoms with Crippen molar-refractivity contribution in [3.8, 4) is 0 Å². The number of carbonyl (C=O) groups excluding carboxylic acids is 1. The molecule has 0 spiro atoms. The number of carbonyl (C=O) groups is 1. The van der Waals surface area contributed by atoms with Gasteiger partial charge < -0.3 is 5.73 Å². The van der Waals surface area contributed by atoms with Crippen molar-refractivity contribution in [1.29, 1.82) is 0 Å². The molecule has 2 heterocycles. The van der Waals surface area contributed by atoms with Crippen LogP contribution in [0.15, 0.2) is 18.5 Å². The van der Waals surface area contributed by atoms with Crippen molar-refractivity contribution >= 4 is 28.2 Å². The molecule has 7 heteroatoms. The number of nitrogens with zero attached hydrogens (tertiary/aromatic N) is 2. The largest absolute Gasteiger partial charge is 0.381 e. The van der Waals surface area contributed by atoms with E-state index in [4.69, 9.17) is 5.73 Å². The summed E-state index contributed by atoms with van der Waals surface area (Å²) in [5.74, 6) is -1.71. The zero-order valence-corrected chi connectivity index (χ0v) is 9.71. The molecule has 1 amide bonds. The number of aryl methyl sites for hydroxylation is 1. The Bertz CT molecular complexity index is 569. The summed E-state index contributed by atoms with van der Waals surface area (Å²) in [6.07, 6.45) is 2.90. The third kappa shape index (κ3) is 2.39. The SMILES string of the molecule is Cc1cnc(NC(=O)c2ccnc(N)c2F)s1. The third-order valence-corrected chi connectivity index (χ3v) is 2.83. The van der Waals surface area contributed by atoms with Crippen LogP contribution in [0.2, 0.25) is 0 Å². The summed E-state index contributed by atoms with van der Waals surface area (Å²) in [5, 5.41) is 2.91. The van der Waals surface area contributed by atoms with Crippen LogP contribution in [0.3, 0.4) is 0 Å². The Morgan fingerprint density at radius 1 is 1.53 bits per heavy atom. The first-order valence-electron chi connectivity index (χ1n) is 4.71. The summed E-state index contributed by atoms with van der Waals surface area (Å²) in [4.78, 5) is 20.2. The molecular weight excluding hydrogens is 243 g/mol. The monoisotopic (exact) mass is 252 g/mol. The van der Waals surface area contributed by atoms with Gasteiger partial charge in [-0.25, -0.2) is 14.4 Å². The van der Waals surface area contributed by atoms with Gasteiger partial charge in [-0.1, -0.05) is 0 Å². The summed E-state index contributed by atoms with van der Waals surface area (Å²) >= 11 is 1.31. The van der Waals surface area contributed by atoms with Crippen molar-refractivity contribution in [1.82, 2.24) is 9.97 Å². The average molecular weight is 252 g/mol. The minimum Gasteiger partial charge on any atom is -0.381 e. The Balaban J connectivity index is 2.23. The third-order valence-electron chi connectivity index (χ3n) is 2.00. The van der Waals surface area contributed by atoms with Crippen molar-refractivity contribution in [2.45, 2.75) is 6.92 Å². The lowest BCUT2D eigenvalue weighted by atomic mass is 10.2. The molecule has 0 bridgehead atoms. The number of anilines is 2. The quantitative estimate of drug-likeness (QED) is 0.854. The second-order valence-electron chi connectivity index (χ2n) is 3.29. The molecule has 0 aromatic carbocycles. The highest BCUT2D eigenvalue weighted by Crippen LogP contribution is 2.19. The van der Waals surface area contributed by atoms with Gasteiger partial charge in [-0.3, -0.25) is 10.1 Å². The van der Waals surface area contributed by atoms with Crippen molar-refractivity contribution in [2.75, 3.05) is 11.1 Å². The van der Waals surface area contributed by atoms with Gasteiger partial charge in [0.05, 0.1) is 5.56 Å². The maximum absolute atomic E-state index is 13.5. The summed E-state index contributed by atoms with van der Waals surface area (Å²) in [6.45, 7) is 1.86. The number of amides is 1. The molecule has 0 aliphatic carbocycles. The first-order chi connectivity index (χ1) is 8.08. The average Bonchev–Trinajstić information content (AvgIpc) is 2.68. The number of hydrogen-bond donors (Lipinski definition) is 2. The normalized spacial score (nSPS) is 10.2.